The molecule has 2 amide bonds. The van der Waals surface area contributed by atoms with Gasteiger partial charge in [-0.1, -0.05) is 32.0 Å². The topological polar surface area (TPSA) is 78.1 Å². The molecule has 2 aromatic rings. The van der Waals surface area contributed by atoms with E-state index in [0.29, 0.717) is 42.5 Å². The van der Waals surface area contributed by atoms with E-state index in [0.717, 1.165) is 11.3 Å². The third-order valence-corrected chi connectivity index (χ3v) is 4.30. The fourth-order valence-electron chi connectivity index (χ4n) is 3.05. The Morgan fingerprint density at radius 1 is 1.33 bits per heavy atom. The van der Waals surface area contributed by atoms with E-state index in [1.54, 1.807) is 11.8 Å². The first-order valence-electron chi connectivity index (χ1n) is 8.19. The molecule has 0 radical (unpaired) electrons. The molecule has 1 aromatic heterocycles. The highest BCUT2D eigenvalue weighted by atomic mass is 16.2. The number of nitrogens with one attached hydrogen (secondary N) is 2. The van der Waals surface area contributed by atoms with E-state index in [4.69, 9.17) is 0 Å². The molecule has 126 valence electrons. The SMILES string of the molecule is Cc1nc2c(c(=O)[nH]1)CCN(C(=O)Nc1ccccc1C(C)C)C2. The number of hydrogen-bond acceptors (Lipinski definition) is 3. The van der Waals surface area contributed by atoms with Gasteiger partial charge in [0.25, 0.3) is 5.56 Å². The zero-order valence-corrected chi connectivity index (χ0v) is 14.2. The van der Waals surface area contributed by atoms with Crippen LogP contribution >= 0.6 is 0 Å². The summed E-state index contributed by atoms with van der Waals surface area (Å²) < 4.78 is 0. The van der Waals surface area contributed by atoms with Crippen LogP contribution in [0.1, 0.15) is 42.4 Å². The molecule has 1 aliphatic rings. The van der Waals surface area contributed by atoms with Gasteiger partial charge in [0.05, 0.1) is 12.2 Å². The van der Waals surface area contributed by atoms with E-state index in [1.807, 2.05) is 24.3 Å². The summed E-state index contributed by atoms with van der Waals surface area (Å²) in [6.07, 6.45) is 0.525. The van der Waals surface area contributed by atoms with Crippen molar-refractivity contribution in [2.75, 3.05) is 11.9 Å². The molecular formula is C18H22N4O2. The molecule has 0 bridgehead atoms. The fraction of sp³-hybridized carbons (Fsp3) is 0.389. The van der Waals surface area contributed by atoms with Crippen LogP contribution in [0.5, 0.6) is 0 Å². The number of hydrogen-bond donors (Lipinski definition) is 2. The van der Waals surface area contributed by atoms with Gasteiger partial charge in [-0.05, 0) is 30.9 Å². The highest BCUT2D eigenvalue weighted by molar-refractivity contribution is 5.90. The standard InChI is InChI=1S/C18H22N4O2/c1-11(2)13-6-4-5-7-15(13)21-18(24)22-9-8-14-16(10-22)19-12(3)20-17(14)23/h4-7,11H,8-10H2,1-3H3,(H,21,24)(H,19,20,23). The molecule has 6 heteroatoms. The van der Waals surface area contributed by atoms with Crippen LogP contribution in [0.25, 0.3) is 0 Å². The second-order valence-electron chi connectivity index (χ2n) is 6.42. The van der Waals surface area contributed by atoms with Crippen molar-refractivity contribution in [3.63, 3.8) is 0 Å². The van der Waals surface area contributed by atoms with E-state index in [1.165, 1.54) is 0 Å². The minimum Gasteiger partial charge on any atom is -0.318 e. The van der Waals surface area contributed by atoms with E-state index < -0.39 is 0 Å². The zero-order chi connectivity index (χ0) is 17.3. The first-order chi connectivity index (χ1) is 11.5. The van der Waals surface area contributed by atoms with Gasteiger partial charge in [0.1, 0.15) is 5.82 Å². The monoisotopic (exact) mass is 326 g/mol. The minimum atomic E-state index is -0.159. The third kappa shape index (κ3) is 3.18. The van der Waals surface area contributed by atoms with Gasteiger partial charge < -0.3 is 15.2 Å². The van der Waals surface area contributed by atoms with Gasteiger partial charge in [0.15, 0.2) is 0 Å². The Kier molecular flexibility index (Phi) is 4.38. The number of carbonyl (C=O) groups excluding carboxylic acids is 1. The molecule has 0 aliphatic carbocycles. The molecule has 2 N–H and O–H groups in total. The van der Waals surface area contributed by atoms with Crippen molar-refractivity contribution in [1.29, 1.82) is 0 Å². The summed E-state index contributed by atoms with van der Waals surface area (Å²) in [4.78, 5) is 33.4. The lowest BCUT2D eigenvalue weighted by atomic mass is 10.0. The molecule has 2 heterocycles. The number of H-pyrrole nitrogens is 1. The second-order valence-corrected chi connectivity index (χ2v) is 6.42. The second kappa shape index (κ2) is 6.47. The van der Waals surface area contributed by atoms with Crippen molar-refractivity contribution in [2.45, 2.75) is 39.7 Å². The number of para-hydroxylation sites is 1. The summed E-state index contributed by atoms with van der Waals surface area (Å²) in [6.45, 7) is 6.81. The molecule has 0 unspecified atom stereocenters. The Labute approximate surface area is 140 Å². The van der Waals surface area contributed by atoms with Gasteiger partial charge in [-0.2, -0.15) is 0 Å². The van der Waals surface area contributed by atoms with Crippen LogP contribution < -0.4 is 10.9 Å². The van der Waals surface area contributed by atoms with Crippen LogP contribution in [-0.2, 0) is 13.0 Å². The van der Waals surface area contributed by atoms with E-state index in [2.05, 4.69) is 29.1 Å². The largest absolute Gasteiger partial charge is 0.322 e. The quantitative estimate of drug-likeness (QED) is 0.891. The molecule has 1 aliphatic heterocycles. The first-order valence-corrected chi connectivity index (χ1v) is 8.19. The lowest BCUT2D eigenvalue weighted by molar-refractivity contribution is 0.205. The van der Waals surface area contributed by atoms with Crippen LogP contribution in [0.3, 0.4) is 0 Å². The van der Waals surface area contributed by atoms with Crippen LogP contribution in [0, 0.1) is 6.92 Å². The van der Waals surface area contributed by atoms with Crippen LogP contribution in [-0.4, -0.2) is 27.4 Å². The van der Waals surface area contributed by atoms with Gasteiger partial charge in [-0.25, -0.2) is 9.78 Å². The van der Waals surface area contributed by atoms with E-state index in [-0.39, 0.29) is 11.6 Å². The fourth-order valence-corrected chi connectivity index (χ4v) is 3.05. The number of aromatic nitrogens is 2. The predicted molar refractivity (Wildman–Crippen MR) is 93.3 cm³/mol. The Hall–Kier alpha value is -2.63. The smallest absolute Gasteiger partial charge is 0.318 e. The van der Waals surface area contributed by atoms with Gasteiger partial charge in [0.2, 0.25) is 0 Å². The Morgan fingerprint density at radius 2 is 2.08 bits per heavy atom. The molecule has 0 spiro atoms. The Morgan fingerprint density at radius 3 is 2.83 bits per heavy atom. The van der Waals surface area contributed by atoms with Crippen molar-refractivity contribution >= 4 is 11.7 Å². The summed E-state index contributed by atoms with van der Waals surface area (Å²) in [5, 5.41) is 2.99. The molecule has 0 saturated heterocycles. The number of benzene rings is 1. The van der Waals surface area contributed by atoms with Gasteiger partial charge in [-0.15, -0.1) is 0 Å². The van der Waals surface area contributed by atoms with Gasteiger partial charge in [0, 0.05) is 17.8 Å². The average molecular weight is 326 g/mol. The molecule has 3 rings (SSSR count). The van der Waals surface area contributed by atoms with Crippen molar-refractivity contribution in [3.8, 4) is 0 Å². The highest BCUT2D eigenvalue weighted by Gasteiger charge is 2.24. The number of aromatic amines is 1. The summed E-state index contributed by atoms with van der Waals surface area (Å²) in [7, 11) is 0. The molecule has 1 aromatic carbocycles. The van der Waals surface area contributed by atoms with Crippen LogP contribution in [0.2, 0.25) is 0 Å². The summed E-state index contributed by atoms with van der Waals surface area (Å²) in [5.74, 6) is 0.901. The average Bonchev–Trinajstić information content (AvgIpc) is 2.54. The van der Waals surface area contributed by atoms with Crippen LogP contribution in [0.15, 0.2) is 29.1 Å². The molecule has 24 heavy (non-hydrogen) atoms. The maximum absolute atomic E-state index is 12.6. The summed E-state index contributed by atoms with van der Waals surface area (Å²) in [6, 6.07) is 7.67. The number of rotatable bonds is 2. The number of fused-ring (bicyclic) bond motifs is 1. The van der Waals surface area contributed by atoms with E-state index >= 15 is 0 Å². The number of carbonyl (C=O) groups is 1. The minimum absolute atomic E-state index is 0.0947. The van der Waals surface area contributed by atoms with Crippen molar-refractivity contribution in [3.05, 3.63) is 57.3 Å². The molecule has 0 atom stereocenters. The normalized spacial score (nSPS) is 13.8. The highest BCUT2D eigenvalue weighted by Crippen LogP contribution is 2.24. The maximum Gasteiger partial charge on any atom is 0.322 e. The Balaban J connectivity index is 1.79. The summed E-state index contributed by atoms with van der Waals surface area (Å²) in [5.41, 5.74) is 3.22. The molecule has 0 fully saturated rings. The van der Waals surface area contributed by atoms with Gasteiger partial charge in [-0.3, -0.25) is 4.79 Å². The predicted octanol–water partition coefficient (Wildman–Crippen LogP) is 2.79. The number of amides is 2. The number of nitrogens with zero attached hydrogens (tertiary/aromatic N) is 2. The number of urea groups is 1. The van der Waals surface area contributed by atoms with Crippen molar-refractivity contribution < 1.29 is 4.79 Å². The maximum atomic E-state index is 12.6. The van der Waals surface area contributed by atoms with Crippen molar-refractivity contribution in [2.24, 2.45) is 0 Å². The van der Waals surface area contributed by atoms with E-state index in [9.17, 15) is 9.59 Å². The molecule has 0 saturated carbocycles. The summed E-state index contributed by atoms with van der Waals surface area (Å²) >= 11 is 0. The number of anilines is 1. The third-order valence-electron chi connectivity index (χ3n) is 4.30. The lowest BCUT2D eigenvalue weighted by Gasteiger charge is -2.28. The number of aryl methyl sites for hydroxylation is 1. The molecular weight excluding hydrogens is 304 g/mol. The Bertz CT molecular complexity index is 826. The van der Waals surface area contributed by atoms with Crippen LogP contribution in [0.4, 0.5) is 10.5 Å². The van der Waals surface area contributed by atoms with Crippen molar-refractivity contribution in [1.82, 2.24) is 14.9 Å². The first kappa shape index (κ1) is 16.2. The zero-order valence-electron chi connectivity index (χ0n) is 14.2. The molecule has 6 nitrogen and oxygen atoms in total. The lowest BCUT2D eigenvalue weighted by Crippen LogP contribution is -2.41. The van der Waals surface area contributed by atoms with Gasteiger partial charge >= 0.3 is 6.03 Å².